The smallest absolute Gasteiger partial charge is 0.225 e. The molecule has 0 atom stereocenters. The van der Waals surface area contributed by atoms with Gasteiger partial charge in [-0.2, -0.15) is 5.26 Å². The van der Waals surface area contributed by atoms with Crippen LogP contribution in [0.25, 0.3) is 0 Å². The summed E-state index contributed by atoms with van der Waals surface area (Å²) in [6.45, 7) is 0. The number of nitriles is 1. The molecule has 1 aromatic carbocycles. The van der Waals surface area contributed by atoms with Gasteiger partial charge in [-0.05, 0) is 23.7 Å². The van der Waals surface area contributed by atoms with Gasteiger partial charge in [-0.15, -0.1) is 0 Å². The highest BCUT2D eigenvalue weighted by atomic mass is 35.5. The number of hydrogen-bond donors (Lipinski definition) is 1. The Kier molecular flexibility index (Phi) is 4.23. The number of halogens is 1. The van der Waals surface area contributed by atoms with Crippen LogP contribution in [0.2, 0.25) is 5.28 Å². The molecule has 2 aromatic rings. The number of anilines is 2. The SMILES string of the molecule is COc1ccc(Nc2cc(C#N)nc(Cl)n2)c(OC)c1. The van der Waals surface area contributed by atoms with Crippen LogP contribution >= 0.6 is 11.6 Å². The topological polar surface area (TPSA) is 80.1 Å². The van der Waals surface area contributed by atoms with Crippen molar-refractivity contribution in [3.8, 4) is 17.6 Å². The van der Waals surface area contributed by atoms with E-state index in [2.05, 4.69) is 15.3 Å². The van der Waals surface area contributed by atoms with E-state index < -0.39 is 0 Å². The molecule has 0 radical (unpaired) electrons. The van der Waals surface area contributed by atoms with Gasteiger partial charge in [-0.3, -0.25) is 0 Å². The van der Waals surface area contributed by atoms with Crippen LogP contribution in [0, 0.1) is 11.3 Å². The Bertz CT molecular complexity index is 670. The summed E-state index contributed by atoms with van der Waals surface area (Å²) in [4.78, 5) is 7.77. The van der Waals surface area contributed by atoms with Crippen LogP contribution in [0.4, 0.5) is 11.5 Å². The van der Waals surface area contributed by atoms with Crippen molar-refractivity contribution in [2.24, 2.45) is 0 Å². The van der Waals surface area contributed by atoms with Crippen LogP contribution in [0.1, 0.15) is 5.69 Å². The highest BCUT2D eigenvalue weighted by Gasteiger charge is 2.08. The third-order valence-corrected chi connectivity index (χ3v) is 2.65. The molecule has 7 heteroatoms. The molecule has 1 aromatic heterocycles. The number of aromatic nitrogens is 2. The molecule has 1 N–H and O–H groups in total. The molecule has 0 aliphatic rings. The first-order chi connectivity index (χ1) is 9.66. The quantitative estimate of drug-likeness (QED) is 0.872. The summed E-state index contributed by atoms with van der Waals surface area (Å²) in [5, 5.41) is 11.9. The first-order valence-electron chi connectivity index (χ1n) is 5.60. The third-order valence-electron chi connectivity index (χ3n) is 2.48. The molecule has 0 aliphatic carbocycles. The Balaban J connectivity index is 2.35. The van der Waals surface area contributed by atoms with E-state index in [0.29, 0.717) is 23.0 Å². The van der Waals surface area contributed by atoms with E-state index in [9.17, 15) is 0 Å². The molecule has 0 fully saturated rings. The lowest BCUT2D eigenvalue weighted by molar-refractivity contribution is 0.395. The zero-order valence-corrected chi connectivity index (χ0v) is 11.6. The molecule has 0 bridgehead atoms. The average Bonchev–Trinajstić information content (AvgIpc) is 2.47. The molecule has 102 valence electrons. The normalized spacial score (nSPS) is 9.70. The molecule has 0 saturated carbocycles. The van der Waals surface area contributed by atoms with Gasteiger partial charge in [0.2, 0.25) is 5.28 Å². The largest absolute Gasteiger partial charge is 0.497 e. The average molecular weight is 291 g/mol. The summed E-state index contributed by atoms with van der Waals surface area (Å²) in [6, 6.07) is 8.70. The summed E-state index contributed by atoms with van der Waals surface area (Å²) in [6.07, 6.45) is 0. The number of nitrogens with zero attached hydrogens (tertiary/aromatic N) is 3. The Morgan fingerprint density at radius 3 is 2.65 bits per heavy atom. The second-order valence-electron chi connectivity index (χ2n) is 3.71. The summed E-state index contributed by atoms with van der Waals surface area (Å²) in [5.74, 6) is 1.66. The summed E-state index contributed by atoms with van der Waals surface area (Å²) >= 11 is 5.75. The molecular weight excluding hydrogens is 280 g/mol. The van der Waals surface area contributed by atoms with Gasteiger partial charge >= 0.3 is 0 Å². The van der Waals surface area contributed by atoms with Crippen molar-refractivity contribution in [2.45, 2.75) is 0 Å². The maximum Gasteiger partial charge on any atom is 0.225 e. The molecule has 0 spiro atoms. The minimum Gasteiger partial charge on any atom is -0.497 e. The molecule has 6 nitrogen and oxygen atoms in total. The van der Waals surface area contributed by atoms with Crippen molar-refractivity contribution in [1.82, 2.24) is 9.97 Å². The van der Waals surface area contributed by atoms with E-state index in [4.69, 9.17) is 26.3 Å². The molecule has 0 saturated heterocycles. The number of rotatable bonds is 4. The second-order valence-corrected chi connectivity index (χ2v) is 4.05. The van der Waals surface area contributed by atoms with Gasteiger partial charge in [0.05, 0.1) is 19.9 Å². The fraction of sp³-hybridized carbons (Fsp3) is 0.154. The molecule has 0 unspecified atom stereocenters. The van der Waals surface area contributed by atoms with Gasteiger partial charge in [0.25, 0.3) is 0 Å². The van der Waals surface area contributed by atoms with Gasteiger partial charge in [-0.1, -0.05) is 0 Å². The number of ether oxygens (including phenoxy) is 2. The highest BCUT2D eigenvalue weighted by molar-refractivity contribution is 6.28. The first kappa shape index (κ1) is 13.9. The zero-order valence-electron chi connectivity index (χ0n) is 10.8. The minimum absolute atomic E-state index is 0.000900. The lowest BCUT2D eigenvalue weighted by Crippen LogP contribution is -1.99. The van der Waals surface area contributed by atoms with E-state index >= 15 is 0 Å². The van der Waals surface area contributed by atoms with Gasteiger partial charge in [-0.25, -0.2) is 9.97 Å². The Labute approximate surface area is 120 Å². The fourth-order valence-electron chi connectivity index (χ4n) is 1.58. The van der Waals surface area contributed by atoms with Crippen LogP contribution in [0.3, 0.4) is 0 Å². The van der Waals surface area contributed by atoms with E-state index in [-0.39, 0.29) is 11.0 Å². The van der Waals surface area contributed by atoms with E-state index in [1.54, 1.807) is 32.4 Å². The van der Waals surface area contributed by atoms with Gasteiger partial charge in [0.15, 0.2) is 0 Å². The minimum atomic E-state index is -0.000900. The Morgan fingerprint density at radius 2 is 2.00 bits per heavy atom. The van der Waals surface area contributed by atoms with Crippen LogP contribution in [-0.4, -0.2) is 24.2 Å². The standard InChI is InChI=1S/C13H11ClN4O2/c1-19-9-3-4-10(11(6-9)20-2)17-12-5-8(7-15)16-13(14)18-12/h3-6H,1-2H3,(H,16,17,18). The van der Waals surface area contributed by atoms with E-state index in [0.717, 1.165) is 0 Å². The lowest BCUT2D eigenvalue weighted by Gasteiger charge is -2.12. The highest BCUT2D eigenvalue weighted by Crippen LogP contribution is 2.31. The van der Waals surface area contributed by atoms with Crippen molar-refractivity contribution in [3.05, 3.63) is 35.2 Å². The molecular formula is C13H11ClN4O2. The maximum atomic E-state index is 8.85. The molecule has 20 heavy (non-hydrogen) atoms. The fourth-order valence-corrected chi connectivity index (χ4v) is 1.76. The van der Waals surface area contributed by atoms with Crippen molar-refractivity contribution < 1.29 is 9.47 Å². The summed E-state index contributed by atoms with van der Waals surface area (Å²) in [5.41, 5.74) is 0.854. The van der Waals surface area contributed by atoms with Gasteiger partial charge < -0.3 is 14.8 Å². The maximum absolute atomic E-state index is 8.85. The monoisotopic (exact) mass is 290 g/mol. The van der Waals surface area contributed by atoms with Crippen molar-refractivity contribution >= 4 is 23.1 Å². The van der Waals surface area contributed by atoms with Crippen LogP contribution in [-0.2, 0) is 0 Å². The summed E-state index contributed by atoms with van der Waals surface area (Å²) in [7, 11) is 3.12. The van der Waals surface area contributed by atoms with Crippen LogP contribution in [0.15, 0.2) is 24.3 Å². The predicted octanol–water partition coefficient (Wildman–Crippen LogP) is 2.76. The summed E-state index contributed by atoms with van der Waals surface area (Å²) < 4.78 is 10.4. The first-order valence-corrected chi connectivity index (χ1v) is 5.98. The Morgan fingerprint density at radius 1 is 1.20 bits per heavy atom. The number of benzene rings is 1. The molecule has 0 amide bonds. The van der Waals surface area contributed by atoms with Crippen molar-refractivity contribution in [2.75, 3.05) is 19.5 Å². The number of nitrogens with one attached hydrogen (secondary N) is 1. The van der Waals surface area contributed by atoms with Gasteiger partial charge in [0, 0.05) is 12.1 Å². The molecule has 2 rings (SSSR count). The number of hydrogen-bond acceptors (Lipinski definition) is 6. The zero-order chi connectivity index (χ0) is 14.5. The van der Waals surface area contributed by atoms with E-state index in [1.807, 2.05) is 6.07 Å². The lowest BCUT2D eigenvalue weighted by atomic mass is 10.2. The molecule has 0 aliphatic heterocycles. The van der Waals surface area contributed by atoms with Crippen molar-refractivity contribution in [3.63, 3.8) is 0 Å². The molecule has 1 heterocycles. The number of methoxy groups -OCH3 is 2. The third kappa shape index (κ3) is 3.08. The van der Waals surface area contributed by atoms with Crippen molar-refractivity contribution in [1.29, 1.82) is 5.26 Å². The van der Waals surface area contributed by atoms with Gasteiger partial charge in [0.1, 0.15) is 29.1 Å². The second kappa shape index (κ2) is 6.08. The predicted molar refractivity (Wildman–Crippen MR) is 74.6 cm³/mol. The van der Waals surface area contributed by atoms with Crippen LogP contribution in [0.5, 0.6) is 11.5 Å². The Hall–Kier alpha value is -2.52. The van der Waals surface area contributed by atoms with Crippen LogP contribution < -0.4 is 14.8 Å². The van der Waals surface area contributed by atoms with E-state index in [1.165, 1.54) is 6.07 Å².